The van der Waals surface area contributed by atoms with Crippen LogP contribution in [-0.4, -0.2) is 41.0 Å². The number of aliphatic carboxylic acids is 1. The summed E-state index contributed by atoms with van der Waals surface area (Å²) in [4.78, 5) is 34.4. The third kappa shape index (κ3) is 2.95. The summed E-state index contributed by atoms with van der Waals surface area (Å²) >= 11 is 0. The number of rotatable bonds is 5. The van der Waals surface area contributed by atoms with Gasteiger partial charge >= 0.3 is 12.0 Å². The van der Waals surface area contributed by atoms with Crippen molar-refractivity contribution in [2.45, 2.75) is 20.3 Å². The number of nitrogens with zero attached hydrogens (tertiary/aromatic N) is 1. The maximum absolute atomic E-state index is 11.3. The second-order valence-electron chi connectivity index (χ2n) is 4.33. The lowest BCUT2D eigenvalue weighted by atomic mass is 9.97. The zero-order valence-electron chi connectivity index (χ0n) is 9.40. The molecule has 90 valence electrons. The summed E-state index contributed by atoms with van der Waals surface area (Å²) in [6.07, 6.45) is 0.451. The normalized spacial score (nSPS) is 17.8. The minimum atomic E-state index is -0.971. The van der Waals surface area contributed by atoms with Gasteiger partial charge in [-0.3, -0.25) is 14.5 Å². The minimum Gasteiger partial charge on any atom is -0.481 e. The molecule has 1 unspecified atom stereocenters. The predicted octanol–water partition coefficient (Wildman–Crippen LogP) is 0.285. The van der Waals surface area contributed by atoms with Gasteiger partial charge in [-0.25, -0.2) is 4.79 Å². The zero-order chi connectivity index (χ0) is 12.3. The van der Waals surface area contributed by atoms with E-state index in [1.165, 1.54) is 0 Å². The van der Waals surface area contributed by atoms with Crippen LogP contribution in [0.5, 0.6) is 0 Å². The summed E-state index contributed by atoms with van der Waals surface area (Å²) in [6.45, 7) is 3.73. The van der Waals surface area contributed by atoms with Crippen molar-refractivity contribution in [1.82, 2.24) is 10.2 Å². The molecule has 2 N–H and O–H groups in total. The number of hydrogen-bond acceptors (Lipinski definition) is 3. The molecular formula is C10H16N2O4. The Morgan fingerprint density at radius 2 is 2.12 bits per heavy atom. The Balaban J connectivity index is 2.64. The molecule has 0 radical (unpaired) electrons. The first-order chi connectivity index (χ1) is 7.41. The summed E-state index contributed by atoms with van der Waals surface area (Å²) in [7, 11) is 0. The van der Waals surface area contributed by atoms with Gasteiger partial charge in [0, 0.05) is 6.54 Å². The third-order valence-electron chi connectivity index (χ3n) is 2.45. The topological polar surface area (TPSA) is 86.7 Å². The van der Waals surface area contributed by atoms with Crippen molar-refractivity contribution < 1.29 is 19.5 Å². The Hall–Kier alpha value is -1.59. The second kappa shape index (κ2) is 4.96. The average Bonchev–Trinajstić information content (AvgIpc) is 2.47. The van der Waals surface area contributed by atoms with Crippen LogP contribution < -0.4 is 5.32 Å². The number of urea groups is 1. The highest BCUT2D eigenvalue weighted by Crippen LogP contribution is 2.15. The summed E-state index contributed by atoms with van der Waals surface area (Å²) in [5.74, 6) is -1.81. The van der Waals surface area contributed by atoms with Gasteiger partial charge in [-0.05, 0) is 12.3 Å². The van der Waals surface area contributed by atoms with Gasteiger partial charge in [-0.1, -0.05) is 13.8 Å². The fraction of sp³-hybridized carbons (Fsp3) is 0.700. The van der Waals surface area contributed by atoms with Gasteiger partial charge in [-0.2, -0.15) is 0 Å². The molecular weight excluding hydrogens is 212 g/mol. The molecule has 0 saturated carbocycles. The van der Waals surface area contributed by atoms with E-state index in [4.69, 9.17) is 5.11 Å². The van der Waals surface area contributed by atoms with Crippen LogP contribution in [0.2, 0.25) is 0 Å². The molecule has 1 aliphatic rings. The van der Waals surface area contributed by atoms with Crippen molar-refractivity contribution in [2.75, 3.05) is 13.1 Å². The standard InChI is InChI=1S/C10H16N2O4/c1-6(2)3-7(9(14)15)5-12-8(13)4-11-10(12)16/h6-7H,3-5H2,1-2H3,(H,11,16)(H,14,15). The van der Waals surface area contributed by atoms with Crippen LogP contribution in [0.25, 0.3) is 0 Å². The fourth-order valence-corrected chi connectivity index (χ4v) is 1.68. The van der Waals surface area contributed by atoms with Crippen LogP contribution in [0.1, 0.15) is 20.3 Å². The molecule has 0 aromatic rings. The van der Waals surface area contributed by atoms with Gasteiger partial charge in [-0.15, -0.1) is 0 Å². The van der Waals surface area contributed by atoms with Gasteiger partial charge in [0.1, 0.15) is 0 Å². The van der Waals surface area contributed by atoms with E-state index in [0.29, 0.717) is 6.42 Å². The number of carboxylic acid groups (broad SMARTS) is 1. The Labute approximate surface area is 93.6 Å². The van der Waals surface area contributed by atoms with E-state index < -0.39 is 17.9 Å². The zero-order valence-corrected chi connectivity index (χ0v) is 9.40. The summed E-state index contributed by atoms with van der Waals surface area (Å²) in [6, 6.07) is -0.500. The lowest BCUT2D eigenvalue weighted by Crippen LogP contribution is -2.38. The molecule has 0 aliphatic carbocycles. The van der Waals surface area contributed by atoms with Crippen LogP contribution in [0.4, 0.5) is 4.79 Å². The summed E-state index contributed by atoms with van der Waals surface area (Å²) < 4.78 is 0. The third-order valence-corrected chi connectivity index (χ3v) is 2.45. The van der Waals surface area contributed by atoms with Crippen molar-refractivity contribution in [3.63, 3.8) is 0 Å². The van der Waals surface area contributed by atoms with E-state index in [9.17, 15) is 14.4 Å². The smallest absolute Gasteiger partial charge is 0.324 e. The van der Waals surface area contributed by atoms with Gasteiger partial charge in [0.05, 0.1) is 12.5 Å². The predicted molar refractivity (Wildman–Crippen MR) is 55.7 cm³/mol. The molecule has 0 aromatic carbocycles. The Morgan fingerprint density at radius 1 is 1.50 bits per heavy atom. The van der Waals surface area contributed by atoms with Crippen molar-refractivity contribution in [2.24, 2.45) is 11.8 Å². The van der Waals surface area contributed by atoms with E-state index >= 15 is 0 Å². The number of nitrogens with one attached hydrogen (secondary N) is 1. The molecule has 1 aliphatic heterocycles. The van der Waals surface area contributed by atoms with E-state index in [1.807, 2.05) is 13.8 Å². The minimum absolute atomic E-state index is 0.0349. The van der Waals surface area contributed by atoms with Crippen LogP contribution >= 0.6 is 0 Å². The molecule has 0 aromatic heterocycles. The van der Waals surface area contributed by atoms with Crippen molar-refractivity contribution in [3.8, 4) is 0 Å². The summed E-state index contributed by atoms with van der Waals surface area (Å²) in [5.41, 5.74) is 0. The van der Waals surface area contributed by atoms with Crippen LogP contribution in [0.3, 0.4) is 0 Å². The summed E-state index contributed by atoms with van der Waals surface area (Å²) in [5, 5.41) is 11.3. The quantitative estimate of drug-likeness (QED) is 0.662. The van der Waals surface area contributed by atoms with E-state index in [1.54, 1.807) is 0 Å². The first-order valence-corrected chi connectivity index (χ1v) is 5.22. The molecule has 1 fully saturated rings. The molecule has 0 bridgehead atoms. The number of carbonyl (C=O) groups is 3. The monoisotopic (exact) mass is 228 g/mol. The molecule has 16 heavy (non-hydrogen) atoms. The largest absolute Gasteiger partial charge is 0.481 e. The highest BCUT2D eigenvalue weighted by atomic mass is 16.4. The first kappa shape index (κ1) is 12.5. The van der Waals surface area contributed by atoms with E-state index in [2.05, 4.69) is 5.32 Å². The number of carboxylic acids is 1. The molecule has 3 amide bonds. The number of hydrogen-bond donors (Lipinski definition) is 2. The Morgan fingerprint density at radius 3 is 2.50 bits per heavy atom. The van der Waals surface area contributed by atoms with Gasteiger partial charge in [0.15, 0.2) is 0 Å². The van der Waals surface area contributed by atoms with Crippen LogP contribution in [0.15, 0.2) is 0 Å². The number of carbonyl (C=O) groups excluding carboxylic acids is 2. The van der Waals surface area contributed by atoms with Crippen LogP contribution in [0, 0.1) is 11.8 Å². The van der Waals surface area contributed by atoms with Gasteiger partial charge < -0.3 is 10.4 Å². The van der Waals surface area contributed by atoms with Crippen molar-refractivity contribution in [1.29, 1.82) is 0 Å². The Kier molecular flexibility index (Phi) is 3.87. The van der Waals surface area contributed by atoms with Crippen molar-refractivity contribution in [3.05, 3.63) is 0 Å². The molecule has 6 nitrogen and oxygen atoms in total. The average molecular weight is 228 g/mol. The maximum Gasteiger partial charge on any atom is 0.324 e. The molecule has 1 saturated heterocycles. The van der Waals surface area contributed by atoms with Gasteiger partial charge in [0.2, 0.25) is 5.91 Å². The lowest BCUT2D eigenvalue weighted by molar-refractivity contribution is -0.143. The van der Waals surface area contributed by atoms with E-state index in [0.717, 1.165) is 4.90 Å². The highest BCUT2D eigenvalue weighted by Gasteiger charge is 2.33. The maximum atomic E-state index is 11.3. The molecule has 6 heteroatoms. The highest BCUT2D eigenvalue weighted by molar-refractivity contribution is 6.02. The SMILES string of the molecule is CC(C)CC(CN1C(=O)CNC1=O)C(=O)O. The molecule has 1 rings (SSSR count). The fourth-order valence-electron chi connectivity index (χ4n) is 1.68. The second-order valence-corrected chi connectivity index (χ2v) is 4.33. The van der Waals surface area contributed by atoms with E-state index in [-0.39, 0.29) is 24.9 Å². The molecule has 1 heterocycles. The molecule has 1 atom stereocenters. The number of amides is 3. The molecule has 0 spiro atoms. The first-order valence-electron chi connectivity index (χ1n) is 5.22. The Bertz CT molecular complexity index is 298. The lowest BCUT2D eigenvalue weighted by Gasteiger charge is -2.19. The van der Waals surface area contributed by atoms with Crippen LogP contribution in [-0.2, 0) is 9.59 Å². The van der Waals surface area contributed by atoms with Crippen molar-refractivity contribution >= 4 is 17.9 Å². The van der Waals surface area contributed by atoms with Gasteiger partial charge in [0.25, 0.3) is 0 Å². The number of imide groups is 1.